The lowest BCUT2D eigenvalue weighted by Gasteiger charge is -2.28. The second kappa shape index (κ2) is 5.43. The molecule has 1 aromatic heterocycles. The molecule has 0 aliphatic carbocycles. The zero-order valence-electron chi connectivity index (χ0n) is 13.2. The number of nitrogens with zero attached hydrogens (tertiary/aromatic N) is 2. The molecule has 2 aromatic carbocycles. The molecule has 0 N–H and O–H groups in total. The van der Waals surface area contributed by atoms with Gasteiger partial charge in [0.2, 0.25) is 10.0 Å². The standard InChI is InChI=1S/C18H17FN2O2S/c1-13-10-16(6-7-17(13)19)24(22,23)20-8-9-21-15(12-20)11-14-4-2-3-5-18(14)21/h2-7,10-11H,8-9,12H2,1H3. The second-order valence-corrected chi connectivity index (χ2v) is 8.03. The Balaban J connectivity index is 1.72. The second-order valence-electron chi connectivity index (χ2n) is 6.10. The summed E-state index contributed by atoms with van der Waals surface area (Å²) in [7, 11) is -3.63. The van der Waals surface area contributed by atoms with Crippen LogP contribution in [0.5, 0.6) is 0 Å². The van der Waals surface area contributed by atoms with E-state index in [0.29, 0.717) is 25.2 Å². The molecule has 1 aliphatic heterocycles. The van der Waals surface area contributed by atoms with Gasteiger partial charge in [-0.1, -0.05) is 18.2 Å². The third-order valence-corrected chi connectivity index (χ3v) is 6.42. The average molecular weight is 344 g/mol. The van der Waals surface area contributed by atoms with Crippen LogP contribution < -0.4 is 0 Å². The molecule has 0 bridgehead atoms. The van der Waals surface area contributed by atoms with Gasteiger partial charge in [0.1, 0.15) is 5.82 Å². The summed E-state index contributed by atoms with van der Waals surface area (Å²) in [5, 5.41) is 1.12. The van der Waals surface area contributed by atoms with Gasteiger partial charge in [0.15, 0.2) is 0 Å². The van der Waals surface area contributed by atoms with Crippen molar-refractivity contribution in [2.45, 2.75) is 24.9 Å². The Labute approximate surface area is 140 Å². The van der Waals surface area contributed by atoms with E-state index in [9.17, 15) is 12.8 Å². The smallest absolute Gasteiger partial charge is 0.243 e. The molecule has 0 amide bonds. The Hall–Kier alpha value is -2.18. The van der Waals surface area contributed by atoms with Gasteiger partial charge in [-0.25, -0.2) is 12.8 Å². The zero-order chi connectivity index (χ0) is 16.9. The normalized spacial score (nSPS) is 15.6. The molecule has 0 saturated carbocycles. The Morgan fingerprint density at radius 1 is 1.04 bits per heavy atom. The van der Waals surface area contributed by atoms with E-state index < -0.39 is 15.8 Å². The average Bonchev–Trinajstić information content (AvgIpc) is 2.95. The van der Waals surface area contributed by atoms with E-state index in [0.717, 1.165) is 16.6 Å². The Bertz CT molecular complexity index is 1040. The first-order valence-electron chi connectivity index (χ1n) is 7.80. The van der Waals surface area contributed by atoms with E-state index in [-0.39, 0.29) is 4.90 Å². The van der Waals surface area contributed by atoms with Crippen molar-refractivity contribution in [3.8, 4) is 0 Å². The molecule has 6 heteroatoms. The van der Waals surface area contributed by atoms with Gasteiger partial charge in [0.05, 0.1) is 11.4 Å². The fourth-order valence-electron chi connectivity index (χ4n) is 3.27. The lowest BCUT2D eigenvalue weighted by molar-refractivity contribution is 0.345. The SMILES string of the molecule is Cc1cc(S(=O)(=O)N2CCn3c(cc4ccccc43)C2)ccc1F. The molecule has 124 valence electrons. The van der Waals surface area contributed by atoms with Crippen LogP contribution in [0.25, 0.3) is 10.9 Å². The molecule has 2 heterocycles. The number of aromatic nitrogens is 1. The van der Waals surface area contributed by atoms with Crippen LogP contribution in [0.4, 0.5) is 4.39 Å². The van der Waals surface area contributed by atoms with Crippen LogP contribution in [0.15, 0.2) is 53.4 Å². The molecular formula is C18H17FN2O2S. The van der Waals surface area contributed by atoms with Crippen LogP contribution >= 0.6 is 0 Å². The van der Waals surface area contributed by atoms with Crippen LogP contribution in [-0.4, -0.2) is 23.8 Å². The molecule has 0 unspecified atom stereocenters. The van der Waals surface area contributed by atoms with Gasteiger partial charge in [0.25, 0.3) is 0 Å². The third kappa shape index (κ3) is 2.34. The molecule has 1 aliphatic rings. The first-order valence-corrected chi connectivity index (χ1v) is 9.24. The van der Waals surface area contributed by atoms with Crippen molar-refractivity contribution in [1.82, 2.24) is 8.87 Å². The minimum Gasteiger partial charge on any atom is -0.342 e. The Kier molecular flexibility index (Phi) is 3.47. The van der Waals surface area contributed by atoms with Crippen molar-refractivity contribution in [2.75, 3.05) is 6.54 Å². The highest BCUT2D eigenvalue weighted by Crippen LogP contribution is 2.27. The summed E-state index contributed by atoms with van der Waals surface area (Å²) < 4.78 is 42.8. The predicted octanol–water partition coefficient (Wildman–Crippen LogP) is 3.29. The van der Waals surface area contributed by atoms with Gasteiger partial charge in [-0.15, -0.1) is 0 Å². The summed E-state index contributed by atoms with van der Waals surface area (Å²) >= 11 is 0. The summed E-state index contributed by atoms with van der Waals surface area (Å²) in [5.41, 5.74) is 2.44. The van der Waals surface area contributed by atoms with E-state index in [2.05, 4.69) is 4.57 Å². The van der Waals surface area contributed by atoms with Gasteiger partial charge in [0, 0.05) is 24.3 Å². The molecule has 4 rings (SSSR count). The fraction of sp³-hybridized carbons (Fsp3) is 0.222. The molecule has 0 atom stereocenters. The van der Waals surface area contributed by atoms with E-state index in [4.69, 9.17) is 0 Å². The van der Waals surface area contributed by atoms with Crippen molar-refractivity contribution >= 4 is 20.9 Å². The number of sulfonamides is 1. The van der Waals surface area contributed by atoms with Crippen LogP contribution in [-0.2, 0) is 23.1 Å². The molecule has 0 radical (unpaired) electrons. The van der Waals surface area contributed by atoms with Gasteiger partial charge < -0.3 is 4.57 Å². The third-order valence-electron chi connectivity index (χ3n) is 4.57. The van der Waals surface area contributed by atoms with Crippen LogP contribution in [0.3, 0.4) is 0 Å². The highest BCUT2D eigenvalue weighted by molar-refractivity contribution is 7.89. The molecule has 24 heavy (non-hydrogen) atoms. The summed E-state index contributed by atoms with van der Waals surface area (Å²) in [4.78, 5) is 0.144. The highest BCUT2D eigenvalue weighted by Gasteiger charge is 2.29. The summed E-state index contributed by atoms with van der Waals surface area (Å²) in [6.07, 6.45) is 0. The highest BCUT2D eigenvalue weighted by atomic mass is 32.2. The van der Waals surface area contributed by atoms with E-state index in [1.165, 1.54) is 22.5 Å². The summed E-state index contributed by atoms with van der Waals surface area (Å²) in [5.74, 6) is -0.396. The van der Waals surface area contributed by atoms with Gasteiger partial charge >= 0.3 is 0 Å². The minimum atomic E-state index is -3.63. The van der Waals surface area contributed by atoms with E-state index in [1.54, 1.807) is 6.92 Å². The summed E-state index contributed by atoms with van der Waals surface area (Å²) in [6.45, 7) is 2.92. The van der Waals surface area contributed by atoms with E-state index in [1.807, 2.05) is 30.3 Å². The monoisotopic (exact) mass is 344 g/mol. The number of hydrogen-bond acceptors (Lipinski definition) is 2. The number of hydrogen-bond donors (Lipinski definition) is 0. The zero-order valence-corrected chi connectivity index (χ0v) is 14.1. The fourth-order valence-corrected chi connectivity index (χ4v) is 4.75. The van der Waals surface area contributed by atoms with Gasteiger partial charge in [-0.3, -0.25) is 0 Å². The quantitative estimate of drug-likeness (QED) is 0.716. The van der Waals surface area contributed by atoms with Crippen molar-refractivity contribution in [3.05, 3.63) is 65.6 Å². The lowest BCUT2D eigenvalue weighted by Crippen LogP contribution is -2.38. The molecule has 0 spiro atoms. The molecule has 0 fully saturated rings. The van der Waals surface area contributed by atoms with E-state index >= 15 is 0 Å². The molecule has 0 saturated heterocycles. The maximum Gasteiger partial charge on any atom is 0.243 e. The van der Waals surface area contributed by atoms with Crippen LogP contribution in [0, 0.1) is 12.7 Å². The number of halogens is 1. The first-order chi connectivity index (χ1) is 11.5. The van der Waals surface area contributed by atoms with Crippen molar-refractivity contribution in [1.29, 1.82) is 0 Å². The maximum absolute atomic E-state index is 13.4. The molecule has 4 nitrogen and oxygen atoms in total. The Morgan fingerprint density at radius 3 is 2.62 bits per heavy atom. The van der Waals surface area contributed by atoms with Crippen LogP contribution in [0.2, 0.25) is 0 Å². The van der Waals surface area contributed by atoms with Crippen molar-refractivity contribution in [2.24, 2.45) is 0 Å². The molecule has 3 aromatic rings. The largest absolute Gasteiger partial charge is 0.342 e. The van der Waals surface area contributed by atoms with Crippen molar-refractivity contribution < 1.29 is 12.8 Å². The van der Waals surface area contributed by atoms with Crippen LogP contribution in [0.1, 0.15) is 11.3 Å². The first kappa shape index (κ1) is 15.4. The number of aryl methyl sites for hydroxylation is 1. The number of benzene rings is 2. The minimum absolute atomic E-state index is 0.144. The van der Waals surface area contributed by atoms with Crippen molar-refractivity contribution in [3.63, 3.8) is 0 Å². The Morgan fingerprint density at radius 2 is 1.83 bits per heavy atom. The lowest BCUT2D eigenvalue weighted by atomic mass is 10.2. The topological polar surface area (TPSA) is 42.3 Å². The van der Waals surface area contributed by atoms with Gasteiger partial charge in [-0.05, 0) is 48.2 Å². The maximum atomic E-state index is 13.4. The number of para-hydroxylation sites is 1. The number of fused-ring (bicyclic) bond motifs is 3. The van der Waals surface area contributed by atoms with Gasteiger partial charge in [-0.2, -0.15) is 4.31 Å². The molecular weight excluding hydrogens is 327 g/mol. The summed E-state index contributed by atoms with van der Waals surface area (Å²) in [6, 6.07) is 14.0. The predicted molar refractivity (Wildman–Crippen MR) is 90.7 cm³/mol. The number of rotatable bonds is 2.